The van der Waals surface area contributed by atoms with Crippen molar-refractivity contribution in [3.63, 3.8) is 0 Å². The van der Waals surface area contributed by atoms with Crippen LogP contribution in [0.3, 0.4) is 0 Å². The van der Waals surface area contributed by atoms with E-state index in [0.29, 0.717) is 29.5 Å². The number of hydrogen-bond donors (Lipinski definition) is 2. The van der Waals surface area contributed by atoms with E-state index < -0.39 is 5.56 Å². The first kappa shape index (κ1) is 17.5. The Hall–Kier alpha value is -2.87. The lowest BCUT2D eigenvalue weighted by molar-refractivity contribution is 0.319. The quantitative estimate of drug-likeness (QED) is 0.399. The average Bonchev–Trinajstić information content (AvgIpc) is 3.41. The van der Waals surface area contributed by atoms with Gasteiger partial charge < -0.3 is 10.5 Å². The first-order chi connectivity index (χ1) is 13.0. The predicted molar refractivity (Wildman–Crippen MR) is 104 cm³/mol. The van der Waals surface area contributed by atoms with Gasteiger partial charge in [-0.25, -0.2) is 0 Å². The number of nitrogens with zero attached hydrogens (tertiary/aromatic N) is 5. The maximum atomic E-state index is 12.9. The van der Waals surface area contributed by atoms with Crippen molar-refractivity contribution >= 4 is 33.9 Å². The van der Waals surface area contributed by atoms with Crippen molar-refractivity contribution in [3.05, 3.63) is 45.5 Å². The molecule has 1 fully saturated rings. The fraction of sp³-hybridized carbons (Fsp3) is 0.333. The fourth-order valence-corrected chi connectivity index (χ4v) is 3.21. The van der Waals surface area contributed by atoms with Crippen molar-refractivity contribution in [3.8, 4) is 5.69 Å². The number of benzene rings is 1. The topological polar surface area (TPSA) is 97.3 Å². The molecule has 2 N–H and O–H groups in total. The Bertz CT molecular complexity index is 1110. The van der Waals surface area contributed by atoms with Gasteiger partial charge in [0.1, 0.15) is 16.4 Å². The van der Waals surface area contributed by atoms with Crippen LogP contribution in [0.2, 0.25) is 5.02 Å². The van der Waals surface area contributed by atoms with Crippen LogP contribution in [-0.4, -0.2) is 37.0 Å². The summed E-state index contributed by atoms with van der Waals surface area (Å²) in [5.74, 6) is 0.579. The van der Waals surface area contributed by atoms with E-state index in [2.05, 4.69) is 20.7 Å². The first-order valence-corrected chi connectivity index (χ1v) is 9.05. The molecule has 4 rings (SSSR count). The van der Waals surface area contributed by atoms with Crippen LogP contribution >= 0.6 is 11.6 Å². The zero-order valence-electron chi connectivity index (χ0n) is 15.0. The van der Waals surface area contributed by atoms with Crippen LogP contribution in [0.4, 0.5) is 5.69 Å². The molecule has 0 aliphatic heterocycles. The van der Waals surface area contributed by atoms with Gasteiger partial charge in [-0.2, -0.15) is 14.9 Å². The van der Waals surface area contributed by atoms with E-state index in [1.807, 2.05) is 25.4 Å². The van der Waals surface area contributed by atoms with E-state index in [4.69, 9.17) is 11.6 Å². The van der Waals surface area contributed by atoms with Gasteiger partial charge in [-0.05, 0) is 43.9 Å². The summed E-state index contributed by atoms with van der Waals surface area (Å²) < 4.78 is 2.93. The molecular formula is C18H19ClN6O2. The number of nitrogens with one attached hydrogen (secondary N) is 1. The Morgan fingerprint density at radius 2 is 2.19 bits per heavy atom. The molecule has 0 saturated heterocycles. The van der Waals surface area contributed by atoms with Crippen molar-refractivity contribution < 1.29 is 5.21 Å². The van der Waals surface area contributed by atoms with Crippen LogP contribution in [-0.2, 0) is 7.05 Å². The van der Waals surface area contributed by atoms with Crippen LogP contribution in [0.25, 0.3) is 16.6 Å². The Kier molecular flexibility index (Phi) is 4.35. The largest absolute Gasteiger partial charge is 0.411 e. The minimum atomic E-state index is -0.437. The van der Waals surface area contributed by atoms with E-state index in [-0.39, 0.29) is 10.7 Å². The lowest BCUT2D eigenvalue weighted by atomic mass is 10.2. The summed E-state index contributed by atoms with van der Waals surface area (Å²) in [5.41, 5.74) is 1.95. The third kappa shape index (κ3) is 3.28. The normalized spacial score (nSPS) is 14.7. The zero-order valence-corrected chi connectivity index (χ0v) is 15.7. The molecule has 0 spiro atoms. The molecule has 3 aromatic rings. The third-order valence-electron chi connectivity index (χ3n) is 4.64. The van der Waals surface area contributed by atoms with E-state index in [1.165, 1.54) is 4.68 Å². The van der Waals surface area contributed by atoms with Gasteiger partial charge >= 0.3 is 0 Å². The SMILES string of the molecule is C/C(=N\O)c1nn(-c2ccc3nn(C)cc3c2)c(=O)c(Cl)c1NCC1CC1. The smallest absolute Gasteiger partial charge is 0.292 e. The van der Waals surface area contributed by atoms with E-state index in [0.717, 1.165) is 23.7 Å². The van der Waals surface area contributed by atoms with Crippen LogP contribution < -0.4 is 10.9 Å². The monoisotopic (exact) mass is 386 g/mol. The predicted octanol–water partition coefficient (Wildman–Crippen LogP) is 2.79. The average molecular weight is 387 g/mol. The number of aryl methyl sites for hydroxylation is 1. The van der Waals surface area contributed by atoms with Gasteiger partial charge in [0.15, 0.2) is 0 Å². The molecule has 0 unspecified atom stereocenters. The summed E-state index contributed by atoms with van der Waals surface area (Å²) >= 11 is 6.39. The summed E-state index contributed by atoms with van der Waals surface area (Å²) in [6, 6.07) is 5.39. The van der Waals surface area contributed by atoms with Gasteiger partial charge in [0.05, 0.1) is 16.9 Å². The molecule has 8 nitrogen and oxygen atoms in total. The van der Waals surface area contributed by atoms with E-state index in [1.54, 1.807) is 17.7 Å². The number of anilines is 1. The van der Waals surface area contributed by atoms with Gasteiger partial charge in [0, 0.05) is 25.2 Å². The lowest BCUT2D eigenvalue weighted by Crippen LogP contribution is -2.27. The molecule has 27 heavy (non-hydrogen) atoms. The molecule has 9 heteroatoms. The molecule has 1 aliphatic rings. The Labute approximate surface area is 160 Å². The van der Waals surface area contributed by atoms with Crippen molar-refractivity contribution in [1.29, 1.82) is 0 Å². The van der Waals surface area contributed by atoms with Gasteiger partial charge in [-0.1, -0.05) is 16.8 Å². The van der Waals surface area contributed by atoms with Gasteiger partial charge in [-0.3, -0.25) is 9.48 Å². The summed E-state index contributed by atoms with van der Waals surface area (Å²) in [4.78, 5) is 12.9. The number of rotatable bonds is 5. The van der Waals surface area contributed by atoms with E-state index in [9.17, 15) is 10.0 Å². The molecule has 0 bridgehead atoms. The van der Waals surface area contributed by atoms with Gasteiger partial charge in [0.25, 0.3) is 5.56 Å². The van der Waals surface area contributed by atoms with Crippen LogP contribution in [0.1, 0.15) is 25.5 Å². The van der Waals surface area contributed by atoms with Crippen molar-refractivity contribution in [2.45, 2.75) is 19.8 Å². The van der Waals surface area contributed by atoms with Gasteiger partial charge in [-0.15, -0.1) is 0 Å². The second-order valence-electron chi connectivity index (χ2n) is 6.81. The summed E-state index contributed by atoms with van der Waals surface area (Å²) in [6.07, 6.45) is 4.17. The first-order valence-electron chi connectivity index (χ1n) is 8.67. The van der Waals surface area contributed by atoms with Crippen molar-refractivity contribution in [2.75, 3.05) is 11.9 Å². The lowest BCUT2D eigenvalue weighted by Gasteiger charge is -2.15. The number of halogens is 1. The second kappa shape index (κ2) is 6.70. The molecule has 0 radical (unpaired) electrons. The van der Waals surface area contributed by atoms with Crippen molar-refractivity contribution in [2.24, 2.45) is 18.1 Å². The minimum Gasteiger partial charge on any atom is -0.411 e. The number of aromatic nitrogens is 4. The van der Waals surface area contributed by atoms with Crippen LogP contribution in [0, 0.1) is 5.92 Å². The van der Waals surface area contributed by atoms with Crippen LogP contribution in [0.15, 0.2) is 34.3 Å². The molecule has 140 valence electrons. The third-order valence-corrected chi connectivity index (χ3v) is 4.99. The maximum absolute atomic E-state index is 12.9. The summed E-state index contributed by atoms with van der Waals surface area (Å²) in [7, 11) is 1.83. The highest BCUT2D eigenvalue weighted by molar-refractivity contribution is 6.33. The van der Waals surface area contributed by atoms with E-state index >= 15 is 0 Å². The molecular weight excluding hydrogens is 368 g/mol. The maximum Gasteiger partial charge on any atom is 0.292 e. The molecule has 2 heterocycles. The molecule has 1 aromatic carbocycles. The number of hydrogen-bond acceptors (Lipinski definition) is 6. The highest BCUT2D eigenvalue weighted by Gasteiger charge is 2.24. The molecule has 2 aromatic heterocycles. The number of oxime groups is 1. The van der Waals surface area contributed by atoms with Gasteiger partial charge in [0.2, 0.25) is 0 Å². The highest BCUT2D eigenvalue weighted by atomic mass is 35.5. The summed E-state index contributed by atoms with van der Waals surface area (Å²) in [6.45, 7) is 2.32. The Morgan fingerprint density at radius 3 is 2.89 bits per heavy atom. The molecule has 1 aliphatic carbocycles. The van der Waals surface area contributed by atoms with Crippen molar-refractivity contribution in [1.82, 2.24) is 19.6 Å². The fourth-order valence-electron chi connectivity index (χ4n) is 2.97. The second-order valence-corrected chi connectivity index (χ2v) is 7.19. The highest BCUT2D eigenvalue weighted by Crippen LogP contribution is 2.31. The number of fused-ring (bicyclic) bond motifs is 1. The standard InChI is InChI=1S/C18H19ClN6O2/c1-10(23-27)16-17(20-8-11-3-4-11)15(19)18(26)25(22-16)13-5-6-14-12(7-13)9-24(2)21-14/h5-7,9,11,20,27H,3-4,8H2,1-2H3/b23-10+. The summed E-state index contributed by atoms with van der Waals surface area (Å²) in [5, 5.41) is 25.3. The minimum absolute atomic E-state index is 0.0231. The molecule has 1 saturated carbocycles. The Balaban J connectivity index is 1.86. The Morgan fingerprint density at radius 1 is 1.41 bits per heavy atom. The zero-order chi connectivity index (χ0) is 19.1. The van der Waals surface area contributed by atoms with Crippen LogP contribution in [0.5, 0.6) is 0 Å². The molecule has 0 amide bonds. The molecule has 0 atom stereocenters.